The standard InChI is InChI=1S/C19H22N2O5S/c1-3-26-14-6-4-13(5-7-14)18-20-12(2)16(27-18)17(24)21-19(10-15(22)23)8-9-25-11-19/h4-7H,3,8-11H2,1-2H3,(H,21,24)(H,22,23). The molecule has 1 aliphatic rings. The van der Waals surface area contributed by atoms with Crippen molar-refractivity contribution in [2.24, 2.45) is 0 Å². The number of aromatic nitrogens is 1. The van der Waals surface area contributed by atoms with Crippen LogP contribution in [0.15, 0.2) is 24.3 Å². The average Bonchev–Trinajstić information content (AvgIpc) is 3.22. The first-order chi connectivity index (χ1) is 12.9. The number of hydrogen-bond acceptors (Lipinski definition) is 6. The average molecular weight is 390 g/mol. The molecule has 1 fully saturated rings. The molecule has 0 aliphatic carbocycles. The summed E-state index contributed by atoms with van der Waals surface area (Å²) in [5.74, 6) is -0.491. The van der Waals surface area contributed by atoms with Crippen molar-refractivity contribution in [2.75, 3.05) is 19.8 Å². The van der Waals surface area contributed by atoms with Crippen molar-refractivity contribution >= 4 is 23.2 Å². The number of nitrogens with one attached hydrogen (secondary N) is 1. The Balaban J connectivity index is 1.79. The van der Waals surface area contributed by atoms with Gasteiger partial charge >= 0.3 is 5.97 Å². The number of hydrogen-bond donors (Lipinski definition) is 2. The Morgan fingerprint density at radius 3 is 2.70 bits per heavy atom. The minimum Gasteiger partial charge on any atom is -0.494 e. The summed E-state index contributed by atoms with van der Waals surface area (Å²) in [4.78, 5) is 29.0. The van der Waals surface area contributed by atoms with Gasteiger partial charge in [0, 0.05) is 12.2 Å². The lowest BCUT2D eigenvalue weighted by atomic mass is 9.94. The first-order valence-electron chi connectivity index (χ1n) is 8.75. The lowest BCUT2D eigenvalue weighted by Crippen LogP contribution is -2.50. The van der Waals surface area contributed by atoms with Gasteiger partial charge in [-0.3, -0.25) is 9.59 Å². The monoisotopic (exact) mass is 390 g/mol. The van der Waals surface area contributed by atoms with E-state index in [1.807, 2.05) is 31.2 Å². The predicted molar refractivity (Wildman–Crippen MR) is 101 cm³/mol. The number of carboxylic acids is 1. The van der Waals surface area contributed by atoms with E-state index in [0.29, 0.717) is 30.2 Å². The molecular formula is C19H22N2O5S. The maximum atomic E-state index is 12.8. The zero-order valence-electron chi connectivity index (χ0n) is 15.3. The summed E-state index contributed by atoms with van der Waals surface area (Å²) < 4.78 is 10.8. The van der Waals surface area contributed by atoms with E-state index in [-0.39, 0.29) is 18.9 Å². The Morgan fingerprint density at radius 1 is 1.37 bits per heavy atom. The fraction of sp³-hybridized carbons (Fsp3) is 0.421. The Bertz CT molecular complexity index is 825. The van der Waals surface area contributed by atoms with Crippen LogP contribution in [-0.4, -0.2) is 47.3 Å². The maximum absolute atomic E-state index is 12.8. The van der Waals surface area contributed by atoms with E-state index in [0.717, 1.165) is 16.3 Å². The van der Waals surface area contributed by atoms with Crippen molar-refractivity contribution in [1.82, 2.24) is 10.3 Å². The van der Waals surface area contributed by atoms with Crippen LogP contribution in [0.5, 0.6) is 5.75 Å². The molecule has 0 spiro atoms. The number of amides is 1. The quantitative estimate of drug-likeness (QED) is 0.754. The Labute approximate surface area is 161 Å². The molecule has 27 heavy (non-hydrogen) atoms. The molecular weight excluding hydrogens is 368 g/mol. The van der Waals surface area contributed by atoms with Crippen molar-refractivity contribution < 1.29 is 24.2 Å². The van der Waals surface area contributed by atoms with Gasteiger partial charge in [-0.15, -0.1) is 11.3 Å². The maximum Gasteiger partial charge on any atom is 0.305 e. The van der Waals surface area contributed by atoms with Gasteiger partial charge in [-0.25, -0.2) is 4.98 Å². The molecule has 0 bridgehead atoms. The lowest BCUT2D eigenvalue weighted by molar-refractivity contribution is -0.138. The third kappa shape index (κ3) is 4.45. The van der Waals surface area contributed by atoms with Gasteiger partial charge in [0.25, 0.3) is 5.91 Å². The van der Waals surface area contributed by atoms with Crippen LogP contribution in [0.3, 0.4) is 0 Å². The van der Waals surface area contributed by atoms with E-state index >= 15 is 0 Å². The normalized spacial score (nSPS) is 19.0. The SMILES string of the molecule is CCOc1ccc(-c2nc(C)c(C(=O)NC3(CC(=O)O)CCOC3)s2)cc1. The molecule has 144 valence electrons. The molecule has 0 radical (unpaired) electrons. The van der Waals surface area contributed by atoms with Crippen LogP contribution in [-0.2, 0) is 9.53 Å². The van der Waals surface area contributed by atoms with Gasteiger partial charge in [0.05, 0.1) is 30.9 Å². The van der Waals surface area contributed by atoms with E-state index in [2.05, 4.69) is 10.3 Å². The third-order valence-electron chi connectivity index (χ3n) is 4.39. The largest absolute Gasteiger partial charge is 0.494 e. The van der Waals surface area contributed by atoms with Gasteiger partial charge in [-0.2, -0.15) is 0 Å². The van der Waals surface area contributed by atoms with Crippen molar-refractivity contribution in [3.63, 3.8) is 0 Å². The zero-order chi connectivity index (χ0) is 19.4. The fourth-order valence-corrected chi connectivity index (χ4v) is 4.03. The molecule has 2 aromatic rings. The Kier molecular flexibility index (Phi) is 5.76. The van der Waals surface area contributed by atoms with E-state index in [1.54, 1.807) is 6.92 Å². The lowest BCUT2D eigenvalue weighted by Gasteiger charge is -2.26. The van der Waals surface area contributed by atoms with Gasteiger partial charge < -0.3 is 19.9 Å². The Morgan fingerprint density at radius 2 is 2.11 bits per heavy atom. The predicted octanol–water partition coefficient (Wildman–Crippen LogP) is 2.88. The number of carbonyl (C=O) groups is 2. The number of carbonyl (C=O) groups excluding carboxylic acids is 1. The number of rotatable bonds is 7. The molecule has 3 rings (SSSR count). The van der Waals surface area contributed by atoms with Gasteiger partial charge in [-0.1, -0.05) is 0 Å². The van der Waals surface area contributed by atoms with Crippen LogP contribution in [0.4, 0.5) is 0 Å². The molecule has 0 saturated carbocycles. The van der Waals surface area contributed by atoms with E-state index in [9.17, 15) is 9.59 Å². The van der Waals surface area contributed by atoms with E-state index in [1.165, 1.54) is 11.3 Å². The molecule has 1 amide bonds. The molecule has 1 aromatic carbocycles. The molecule has 2 heterocycles. The summed E-state index contributed by atoms with van der Waals surface area (Å²) in [5, 5.41) is 12.8. The molecule has 1 aliphatic heterocycles. The van der Waals surface area contributed by atoms with Crippen LogP contribution in [0.1, 0.15) is 35.1 Å². The summed E-state index contributed by atoms with van der Waals surface area (Å²) in [6, 6.07) is 7.55. The highest BCUT2D eigenvalue weighted by Crippen LogP contribution is 2.30. The second-order valence-electron chi connectivity index (χ2n) is 6.50. The summed E-state index contributed by atoms with van der Waals surface area (Å²) in [7, 11) is 0. The number of carboxylic acid groups (broad SMARTS) is 1. The number of thiazole rings is 1. The molecule has 1 aromatic heterocycles. The molecule has 1 saturated heterocycles. The third-order valence-corrected chi connectivity index (χ3v) is 5.59. The number of benzene rings is 1. The van der Waals surface area contributed by atoms with Crippen LogP contribution in [0.2, 0.25) is 0 Å². The highest BCUT2D eigenvalue weighted by molar-refractivity contribution is 7.17. The Hall–Kier alpha value is -2.45. The van der Waals surface area contributed by atoms with Gasteiger partial charge in [0.1, 0.15) is 15.6 Å². The van der Waals surface area contributed by atoms with Gasteiger partial charge in [-0.05, 0) is 44.5 Å². The highest BCUT2D eigenvalue weighted by Gasteiger charge is 2.39. The van der Waals surface area contributed by atoms with Gasteiger partial charge in [0.2, 0.25) is 0 Å². The molecule has 1 atom stereocenters. The first-order valence-corrected chi connectivity index (χ1v) is 9.57. The topological polar surface area (TPSA) is 97.8 Å². The molecule has 7 nitrogen and oxygen atoms in total. The number of aryl methyl sites for hydroxylation is 1. The number of ether oxygens (including phenoxy) is 2. The summed E-state index contributed by atoms with van der Waals surface area (Å²) in [5.41, 5.74) is 0.652. The summed E-state index contributed by atoms with van der Waals surface area (Å²) in [6.45, 7) is 4.94. The van der Waals surface area contributed by atoms with Crippen molar-refractivity contribution in [1.29, 1.82) is 0 Å². The summed E-state index contributed by atoms with van der Waals surface area (Å²) >= 11 is 1.29. The number of nitrogens with zero attached hydrogens (tertiary/aromatic N) is 1. The van der Waals surface area contributed by atoms with Crippen molar-refractivity contribution in [2.45, 2.75) is 32.2 Å². The van der Waals surface area contributed by atoms with Crippen LogP contribution < -0.4 is 10.1 Å². The molecule has 1 unspecified atom stereocenters. The summed E-state index contributed by atoms with van der Waals surface area (Å²) in [6.07, 6.45) is 0.316. The van der Waals surface area contributed by atoms with Crippen molar-refractivity contribution in [3.05, 3.63) is 34.8 Å². The highest BCUT2D eigenvalue weighted by atomic mass is 32.1. The van der Waals surface area contributed by atoms with Gasteiger partial charge in [0.15, 0.2) is 0 Å². The van der Waals surface area contributed by atoms with Crippen LogP contribution in [0, 0.1) is 6.92 Å². The molecule has 2 N–H and O–H groups in total. The van der Waals surface area contributed by atoms with Crippen LogP contribution >= 0.6 is 11.3 Å². The molecule has 8 heteroatoms. The van der Waals surface area contributed by atoms with Crippen molar-refractivity contribution in [3.8, 4) is 16.3 Å². The van der Waals surface area contributed by atoms with Crippen LogP contribution in [0.25, 0.3) is 10.6 Å². The first kappa shape index (κ1) is 19.3. The van der Waals surface area contributed by atoms with E-state index in [4.69, 9.17) is 14.6 Å². The minimum atomic E-state index is -0.961. The second-order valence-corrected chi connectivity index (χ2v) is 7.50. The second kappa shape index (κ2) is 8.06. The van der Waals surface area contributed by atoms with E-state index < -0.39 is 11.5 Å². The smallest absolute Gasteiger partial charge is 0.305 e. The zero-order valence-corrected chi connectivity index (χ0v) is 16.1. The fourth-order valence-electron chi connectivity index (χ4n) is 3.07. The number of aliphatic carboxylic acids is 1. The minimum absolute atomic E-state index is 0.164.